The first-order valence-electron chi connectivity index (χ1n) is 14.6. The number of pyridine rings is 1. The minimum atomic E-state index is -0.938. The lowest BCUT2D eigenvalue weighted by Gasteiger charge is -2.46. The van der Waals surface area contributed by atoms with Crippen molar-refractivity contribution >= 4 is 40.3 Å². The Labute approximate surface area is 266 Å². The molecular weight excluding hydrogens is 592 g/mol. The standard InChI is InChI=1S/C34H35ClN6O4/c1-2-16-36-20-31(43)41-29(18-23-10-13-26(42)14-11-23)33(44)40(21-25-12-15-28(35)27-9-6-17-37-32(25)27)22-30(41)39-34(45)38-19-24-7-4-3-5-8-24/h2-15,17,29-30,36,42H,1,16,18-22H2,(H2,38,39,45)/t29-,30?/m0/s1. The summed E-state index contributed by atoms with van der Waals surface area (Å²) in [5.41, 5.74) is 3.12. The number of phenols is 1. The Kier molecular flexibility index (Phi) is 10.3. The van der Waals surface area contributed by atoms with Crippen LogP contribution in [0.25, 0.3) is 10.9 Å². The van der Waals surface area contributed by atoms with Crippen LogP contribution in [0.5, 0.6) is 5.75 Å². The number of halogens is 1. The van der Waals surface area contributed by atoms with Crippen molar-refractivity contribution in [2.75, 3.05) is 19.6 Å². The van der Waals surface area contributed by atoms with Gasteiger partial charge in [-0.25, -0.2) is 4.79 Å². The molecular formula is C34H35ClN6O4. The van der Waals surface area contributed by atoms with Gasteiger partial charge in [-0.05, 0) is 47.0 Å². The highest BCUT2D eigenvalue weighted by Crippen LogP contribution is 2.28. The van der Waals surface area contributed by atoms with Crippen molar-refractivity contribution in [2.45, 2.75) is 31.7 Å². The number of phenolic OH excluding ortho intramolecular Hbond substituents is 1. The minimum Gasteiger partial charge on any atom is -0.508 e. The van der Waals surface area contributed by atoms with Crippen molar-refractivity contribution in [1.82, 2.24) is 30.7 Å². The number of urea groups is 1. The number of piperazine rings is 1. The number of aromatic hydroxyl groups is 1. The van der Waals surface area contributed by atoms with Crippen molar-refractivity contribution in [2.24, 2.45) is 0 Å². The molecule has 10 nitrogen and oxygen atoms in total. The lowest BCUT2D eigenvalue weighted by molar-refractivity contribution is -0.156. The number of amides is 4. The highest BCUT2D eigenvalue weighted by Gasteiger charge is 2.43. The molecule has 11 heteroatoms. The molecule has 1 aliphatic heterocycles. The average molecular weight is 627 g/mol. The van der Waals surface area contributed by atoms with E-state index in [2.05, 4.69) is 27.5 Å². The number of rotatable bonds is 11. The Morgan fingerprint density at radius 2 is 1.80 bits per heavy atom. The molecule has 1 aliphatic rings. The summed E-state index contributed by atoms with van der Waals surface area (Å²) < 4.78 is 0. The number of aromatic nitrogens is 1. The molecule has 0 bridgehead atoms. The molecule has 1 saturated heterocycles. The molecule has 1 fully saturated rings. The lowest BCUT2D eigenvalue weighted by atomic mass is 9.98. The molecule has 2 heterocycles. The van der Waals surface area contributed by atoms with Gasteiger partial charge in [-0.2, -0.15) is 0 Å². The van der Waals surface area contributed by atoms with E-state index in [1.165, 1.54) is 17.0 Å². The zero-order valence-corrected chi connectivity index (χ0v) is 25.4. The van der Waals surface area contributed by atoms with Gasteiger partial charge in [-0.3, -0.25) is 14.6 Å². The van der Waals surface area contributed by atoms with Crippen LogP contribution in [-0.2, 0) is 29.1 Å². The van der Waals surface area contributed by atoms with Crippen LogP contribution in [0.3, 0.4) is 0 Å². The van der Waals surface area contributed by atoms with Gasteiger partial charge < -0.3 is 30.9 Å². The Morgan fingerprint density at radius 3 is 2.56 bits per heavy atom. The van der Waals surface area contributed by atoms with E-state index < -0.39 is 18.2 Å². The predicted octanol–water partition coefficient (Wildman–Crippen LogP) is 3.98. The summed E-state index contributed by atoms with van der Waals surface area (Å²) in [4.78, 5) is 48.9. The second-order valence-corrected chi connectivity index (χ2v) is 11.2. The first-order valence-corrected chi connectivity index (χ1v) is 15.0. The van der Waals surface area contributed by atoms with E-state index in [1.54, 1.807) is 41.4 Å². The van der Waals surface area contributed by atoms with Crippen LogP contribution in [0.4, 0.5) is 4.79 Å². The largest absolute Gasteiger partial charge is 0.508 e. The first-order chi connectivity index (χ1) is 21.8. The molecule has 3 aromatic carbocycles. The van der Waals surface area contributed by atoms with Gasteiger partial charge in [0.2, 0.25) is 11.8 Å². The molecule has 232 valence electrons. The number of carbonyl (C=O) groups is 3. The predicted molar refractivity (Wildman–Crippen MR) is 173 cm³/mol. The van der Waals surface area contributed by atoms with Crippen molar-refractivity contribution in [3.8, 4) is 5.75 Å². The Morgan fingerprint density at radius 1 is 1.02 bits per heavy atom. The molecule has 5 rings (SSSR count). The Balaban J connectivity index is 1.47. The third-order valence-electron chi connectivity index (χ3n) is 7.63. The molecule has 2 atom stereocenters. The van der Waals surface area contributed by atoms with Crippen LogP contribution in [0.2, 0.25) is 5.02 Å². The fourth-order valence-corrected chi connectivity index (χ4v) is 5.68. The summed E-state index contributed by atoms with van der Waals surface area (Å²) in [7, 11) is 0. The molecule has 4 aromatic rings. The number of hydrogen-bond acceptors (Lipinski definition) is 6. The Bertz CT molecular complexity index is 1670. The SMILES string of the molecule is C=CCNCC(=O)N1C(NC(=O)NCc2ccccc2)CN(Cc2ccc(Cl)c3cccnc23)C(=O)[C@@H]1Cc1ccc(O)cc1. The van der Waals surface area contributed by atoms with Gasteiger partial charge in [0.25, 0.3) is 0 Å². The van der Waals surface area contributed by atoms with E-state index >= 15 is 0 Å². The van der Waals surface area contributed by atoms with Crippen LogP contribution in [0, 0.1) is 0 Å². The fourth-order valence-electron chi connectivity index (χ4n) is 5.46. The third kappa shape index (κ3) is 7.78. The number of nitrogens with one attached hydrogen (secondary N) is 3. The second kappa shape index (κ2) is 14.7. The van der Waals surface area contributed by atoms with Gasteiger partial charge in [0.15, 0.2) is 0 Å². The molecule has 0 aliphatic carbocycles. The monoisotopic (exact) mass is 626 g/mol. The molecule has 45 heavy (non-hydrogen) atoms. The molecule has 1 unspecified atom stereocenters. The minimum absolute atomic E-state index is 0.0494. The quantitative estimate of drug-likeness (QED) is 0.147. The first kappa shape index (κ1) is 31.5. The molecule has 0 spiro atoms. The molecule has 4 N–H and O–H groups in total. The van der Waals surface area contributed by atoms with Gasteiger partial charge in [0, 0.05) is 42.7 Å². The normalized spacial score (nSPS) is 16.4. The molecule has 0 radical (unpaired) electrons. The number of nitrogens with zero attached hydrogens (tertiary/aromatic N) is 3. The lowest BCUT2D eigenvalue weighted by Crippen LogP contribution is -2.69. The maximum atomic E-state index is 14.3. The van der Waals surface area contributed by atoms with E-state index in [0.29, 0.717) is 17.1 Å². The second-order valence-electron chi connectivity index (χ2n) is 10.8. The van der Waals surface area contributed by atoms with E-state index in [-0.39, 0.29) is 50.2 Å². The summed E-state index contributed by atoms with van der Waals surface area (Å²) in [6.07, 6.45) is 2.64. The van der Waals surface area contributed by atoms with E-state index in [1.807, 2.05) is 42.5 Å². The highest BCUT2D eigenvalue weighted by atomic mass is 35.5. The molecule has 4 amide bonds. The fraction of sp³-hybridized carbons (Fsp3) is 0.235. The summed E-state index contributed by atoms with van der Waals surface area (Å²) in [5.74, 6) is -0.531. The van der Waals surface area contributed by atoms with E-state index in [9.17, 15) is 19.5 Å². The topological polar surface area (TPSA) is 127 Å². The smallest absolute Gasteiger partial charge is 0.316 e. The van der Waals surface area contributed by atoms with Crippen molar-refractivity contribution in [3.63, 3.8) is 0 Å². The van der Waals surface area contributed by atoms with E-state index in [4.69, 9.17) is 11.6 Å². The summed E-state index contributed by atoms with van der Waals surface area (Å²) in [5, 5.41) is 20.0. The number of carbonyl (C=O) groups excluding carboxylic acids is 3. The number of benzene rings is 3. The average Bonchev–Trinajstić information content (AvgIpc) is 3.05. The van der Waals surface area contributed by atoms with Crippen LogP contribution in [-0.4, -0.2) is 69.6 Å². The van der Waals surface area contributed by atoms with Gasteiger partial charge in [0.1, 0.15) is 18.0 Å². The van der Waals surface area contributed by atoms with E-state index in [0.717, 1.165) is 22.1 Å². The zero-order valence-electron chi connectivity index (χ0n) is 24.7. The highest BCUT2D eigenvalue weighted by molar-refractivity contribution is 6.35. The maximum absolute atomic E-state index is 14.3. The van der Waals surface area contributed by atoms with Gasteiger partial charge >= 0.3 is 6.03 Å². The van der Waals surface area contributed by atoms with Crippen molar-refractivity contribution in [3.05, 3.63) is 119 Å². The summed E-state index contributed by atoms with van der Waals surface area (Å²) in [6, 6.07) is 21.9. The summed E-state index contributed by atoms with van der Waals surface area (Å²) in [6.45, 7) is 4.56. The maximum Gasteiger partial charge on any atom is 0.316 e. The van der Waals surface area contributed by atoms with Crippen LogP contribution < -0.4 is 16.0 Å². The number of hydrogen-bond donors (Lipinski definition) is 4. The van der Waals surface area contributed by atoms with Crippen LogP contribution in [0.15, 0.2) is 97.7 Å². The van der Waals surface area contributed by atoms with Crippen molar-refractivity contribution < 1.29 is 19.5 Å². The number of fused-ring (bicyclic) bond motifs is 1. The van der Waals surface area contributed by atoms with Crippen LogP contribution >= 0.6 is 11.6 Å². The van der Waals surface area contributed by atoms with Crippen LogP contribution in [0.1, 0.15) is 16.7 Å². The molecule has 1 aromatic heterocycles. The van der Waals surface area contributed by atoms with Gasteiger partial charge in [0.05, 0.1) is 18.6 Å². The van der Waals surface area contributed by atoms with Gasteiger partial charge in [-0.1, -0.05) is 66.2 Å². The zero-order chi connectivity index (χ0) is 31.8. The third-order valence-corrected chi connectivity index (χ3v) is 7.96. The summed E-state index contributed by atoms with van der Waals surface area (Å²) >= 11 is 6.44. The molecule has 0 saturated carbocycles. The van der Waals surface area contributed by atoms with Crippen molar-refractivity contribution in [1.29, 1.82) is 0 Å². The van der Waals surface area contributed by atoms with Gasteiger partial charge in [-0.15, -0.1) is 6.58 Å². The Hall–Kier alpha value is -4.93.